The molecule has 0 radical (unpaired) electrons. The van der Waals surface area contributed by atoms with Gasteiger partial charge in [-0.1, -0.05) is 51.1 Å². The highest BCUT2D eigenvalue weighted by Crippen LogP contribution is 2.24. The van der Waals surface area contributed by atoms with E-state index in [1.54, 1.807) is 0 Å². The number of benzene rings is 1. The molecule has 1 aromatic carbocycles. The molecule has 0 saturated heterocycles. The Labute approximate surface area is 201 Å². The normalized spacial score (nSPS) is 15.5. The molecule has 0 aliphatic carbocycles. The quantitative estimate of drug-likeness (QED) is 0.261. The van der Waals surface area contributed by atoms with E-state index in [-0.39, 0.29) is 24.1 Å². The maximum absolute atomic E-state index is 12.4. The summed E-state index contributed by atoms with van der Waals surface area (Å²) >= 11 is 5.53. The van der Waals surface area contributed by atoms with Gasteiger partial charge in [0.2, 0.25) is 0 Å². The first-order valence-corrected chi connectivity index (χ1v) is 13.2. The van der Waals surface area contributed by atoms with E-state index in [1.165, 1.54) is 0 Å². The summed E-state index contributed by atoms with van der Waals surface area (Å²) in [6.45, 7) is 8.59. The molecule has 0 amide bonds. The van der Waals surface area contributed by atoms with E-state index >= 15 is 0 Å². The zero-order chi connectivity index (χ0) is 23.7. The molecule has 3 atom stereocenters. The van der Waals surface area contributed by atoms with E-state index in [2.05, 4.69) is 11.9 Å². The van der Waals surface area contributed by atoms with Gasteiger partial charge in [-0.15, -0.1) is 0 Å². The molecule has 178 valence electrons. The minimum atomic E-state index is -0.467. The number of H-pyrrole nitrogens is 1. The molecule has 10 heteroatoms. The second-order valence-corrected chi connectivity index (χ2v) is 9.13. The Kier molecular flexibility index (Phi) is 11.2. The van der Waals surface area contributed by atoms with Crippen LogP contribution in [0.2, 0.25) is 0 Å². The molecule has 0 spiro atoms. The molecule has 0 saturated carbocycles. The molecular weight excluding hydrogens is 460 g/mol. The molecular formula is C22H36N2O5SSi2. The van der Waals surface area contributed by atoms with Crippen molar-refractivity contribution < 1.29 is 18.3 Å². The molecule has 0 aliphatic heterocycles. The Bertz CT molecular complexity index is 932. The molecule has 0 fully saturated rings. The Morgan fingerprint density at radius 1 is 1.06 bits per heavy atom. The highest BCUT2D eigenvalue weighted by atomic mass is 32.1. The number of rotatable bonds is 13. The predicted molar refractivity (Wildman–Crippen MR) is 136 cm³/mol. The van der Waals surface area contributed by atoms with Crippen LogP contribution in [0.15, 0.2) is 35.1 Å². The Balaban J connectivity index is 2.30. The summed E-state index contributed by atoms with van der Waals surface area (Å²) in [6.07, 6.45) is 1.18. The summed E-state index contributed by atoms with van der Waals surface area (Å²) in [7, 11) is 1.18. The Hall–Kier alpha value is -1.41. The predicted octanol–water partition coefficient (Wildman–Crippen LogP) is 2.33. The van der Waals surface area contributed by atoms with E-state index in [1.807, 2.05) is 55.7 Å². The average Bonchev–Trinajstić information content (AvgIpc) is 2.81. The smallest absolute Gasteiger partial charge is 0.255 e. The van der Waals surface area contributed by atoms with Crippen LogP contribution < -0.4 is 5.56 Å². The van der Waals surface area contributed by atoms with Crippen LogP contribution in [-0.4, -0.2) is 49.4 Å². The first kappa shape index (κ1) is 26.8. The molecule has 1 aromatic heterocycles. The maximum atomic E-state index is 12.4. The second-order valence-electron chi connectivity index (χ2n) is 7.80. The van der Waals surface area contributed by atoms with Crippen LogP contribution in [-0.2, 0) is 24.9 Å². The lowest BCUT2D eigenvalue weighted by Gasteiger charge is -2.31. The lowest BCUT2D eigenvalue weighted by Crippen LogP contribution is -2.35. The van der Waals surface area contributed by atoms with Gasteiger partial charge in [0.1, 0.15) is 33.6 Å². The maximum Gasteiger partial charge on any atom is 0.255 e. The van der Waals surface area contributed by atoms with Crippen molar-refractivity contribution in [2.75, 3.05) is 0 Å². The van der Waals surface area contributed by atoms with Crippen LogP contribution in [0.25, 0.3) is 11.3 Å². The van der Waals surface area contributed by atoms with Crippen molar-refractivity contribution in [3.63, 3.8) is 0 Å². The van der Waals surface area contributed by atoms with Gasteiger partial charge in [-0.05, 0) is 44.0 Å². The number of aromatic nitrogens is 2. The standard InChI is InChI=1S/C22H36N2O5SSi2/c1-5-17(28-31)26-21(27-18(6-2)29-32)14(3)12-13-24-19(16-10-8-7-9-11-16)15(4)20(25)23-22(24)30/h7-11,14,17-18,21H,5-6,12-13H2,1-4,31-32H3,(H,23,25,30). The van der Waals surface area contributed by atoms with Crippen molar-refractivity contribution in [1.82, 2.24) is 9.55 Å². The number of nitrogens with zero attached hydrogens (tertiary/aromatic N) is 1. The van der Waals surface area contributed by atoms with Crippen LogP contribution in [0.5, 0.6) is 0 Å². The van der Waals surface area contributed by atoms with E-state index in [4.69, 9.17) is 30.5 Å². The van der Waals surface area contributed by atoms with Crippen molar-refractivity contribution in [3.05, 3.63) is 51.0 Å². The fourth-order valence-corrected chi connectivity index (χ4v) is 4.72. The van der Waals surface area contributed by atoms with Gasteiger partial charge in [0.15, 0.2) is 11.1 Å². The largest absolute Gasteiger partial charge is 0.404 e. The van der Waals surface area contributed by atoms with Gasteiger partial charge in [-0.25, -0.2) is 0 Å². The van der Waals surface area contributed by atoms with Crippen LogP contribution in [0, 0.1) is 17.6 Å². The van der Waals surface area contributed by atoms with Crippen molar-refractivity contribution >= 4 is 33.2 Å². The topological polar surface area (TPSA) is 74.7 Å². The summed E-state index contributed by atoms with van der Waals surface area (Å²) in [5.74, 6) is 0.0458. The zero-order valence-electron chi connectivity index (χ0n) is 19.9. The summed E-state index contributed by atoms with van der Waals surface area (Å²) in [5, 5.41) is 0. The summed E-state index contributed by atoms with van der Waals surface area (Å²) in [6, 6.07) is 9.86. The van der Waals surface area contributed by atoms with Crippen LogP contribution in [0.3, 0.4) is 0 Å². The van der Waals surface area contributed by atoms with E-state index < -0.39 is 6.29 Å². The van der Waals surface area contributed by atoms with Crippen molar-refractivity contribution in [3.8, 4) is 11.3 Å². The SMILES string of the molecule is CCC(O[SiH3])OC(OC(CC)O[SiH3])C(C)CCn1c(-c2ccccc2)c(C)c(=O)[nH]c1=S. The van der Waals surface area contributed by atoms with Crippen LogP contribution in [0.1, 0.15) is 45.6 Å². The highest BCUT2D eigenvalue weighted by molar-refractivity contribution is 7.71. The molecule has 2 aromatic rings. The number of nitrogens with one attached hydrogen (secondary N) is 1. The number of ether oxygens (including phenoxy) is 2. The Morgan fingerprint density at radius 2 is 1.62 bits per heavy atom. The van der Waals surface area contributed by atoms with Crippen molar-refractivity contribution in [1.29, 1.82) is 0 Å². The number of hydrogen-bond donors (Lipinski definition) is 1. The van der Waals surface area contributed by atoms with Gasteiger partial charge in [-0.2, -0.15) is 0 Å². The van der Waals surface area contributed by atoms with Gasteiger partial charge < -0.3 is 22.9 Å². The molecule has 0 bridgehead atoms. The van der Waals surface area contributed by atoms with Crippen LogP contribution >= 0.6 is 12.2 Å². The molecule has 1 heterocycles. The third-order valence-corrected chi connectivity index (χ3v) is 6.89. The molecule has 3 unspecified atom stereocenters. The zero-order valence-corrected chi connectivity index (χ0v) is 24.7. The molecule has 32 heavy (non-hydrogen) atoms. The van der Waals surface area contributed by atoms with Gasteiger partial charge >= 0.3 is 0 Å². The third-order valence-electron chi connectivity index (χ3n) is 5.52. The number of hydrogen-bond acceptors (Lipinski definition) is 6. The lowest BCUT2D eigenvalue weighted by atomic mass is 10.0. The summed E-state index contributed by atoms with van der Waals surface area (Å²) < 4.78 is 25.8. The van der Waals surface area contributed by atoms with Crippen molar-refractivity contribution in [2.24, 2.45) is 5.92 Å². The first-order chi connectivity index (χ1) is 15.4. The molecule has 2 rings (SSSR count). The first-order valence-electron chi connectivity index (χ1n) is 11.1. The lowest BCUT2D eigenvalue weighted by molar-refractivity contribution is -0.281. The fourth-order valence-electron chi connectivity index (χ4n) is 3.56. The van der Waals surface area contributed by atoms with E-state index in [9.17, 15) is 4.79 Å². The fraction of sp³-hybridized carbons (Fsp3) is 0.545. The van der Waals surface area contributed by atoms with Gasteiger partial charge in [-0.3, -0.25) is 9.78 Å². The van der Waals surface area contributed by atoms with Crippen molar-refractivity contribution in [2.45, 2.75) is 72.4 Å². The summed E-state index contributed by atoms with van der Waals surface area (Å²) in [5.41, 5.74) is 2.29. The molecule has 1 N–H and O–H groups in total. The summed E-state index contributed by atoms with van der Waals surface area (Å²) in [4.78, 5) is 15.2. The highest BCUT2D eigenvalue weighted by Gasteiger charge is 2.26. The second kappa shape index (κ2) is 13.3. The molecule has 7 nitrogen and oxygen atoms in total. The minimum Gasteiger partial charge on any atom is -0.404 e. The van der Waals surface area contributed by atoms with Gasteiger partial charge in [0.25, 0.3) is 5.56 Å². The van der Waals surface area contributed by atoms with E-state index in [0.29, 0.717) is 37.9 Å². The minimum absolute atomic E-state index is 0.0458. The van der Waals surface area contributed by atoms with Crippen LogP contribution in [0.4, 0.5) is 0 Å². The average molecular weight is 497 g/mol. The Morgan fingerprint density at radius 3 is 2.12 bits per heavy atom. The monoisotopic (exact) mass is 496 g/mol. The number of aromatic amines is 1. The molecule has 0 aliphatic rings. The van der Waals surface area contributed by atoms with Gasteiger partial charge in [0, 0.05) is 18.0 Å². The third kappa shape index (κ3) is 7.04. The van der Waals surface area contributed by atoms with E-state index in [0.717, 1.165) is 30.5 Å². The van der Waals surface area contributed by atoms with Gasteiger partial charge in [0.05, 0.1) is 5.69 Å².